The summed E-state index contributed by atoms with van der Waals surface area (Å²) in [4.78, 5) is 29.1. The topological polar surface area (TPSA) is 97.7 Å². The van der Waals surface area contributed by atoms with Gasteiger partial charge in [-0.3, -0.25) is 9.69 Å². The molecule has 1 saturated heterocycles. The molecule has 0 unspecified atom stereocenters. The molecule has 1 fully saturated rings. The molecule has 0 bridgehead atoms. The van der Waals surface area contributed by atoms with Crippen LogP contribution in [0, 0.1) is 5.82 Å². The Morgan fingerprint density at radius 2 is 2.30 bits per heavy atom. The van der Waals surface area contributed by atoms with Gasteiger partial charge >= 0.3 is 6.09 Å². The third-order valence-electron chi connectivity index (χ3n) is 4.00. The molecule has 2 amide bonds. The molecule has 0 spiro atoms. The van der Waals surface area contributed by atoms with Gasteiger partial charge in [-0.05, 0) is 18.2 Å². The summed E-state index contributed by atoms with van der Waals surface area (Å²) in [6.07, 6.45) is 2.22. The lowest BCUT2D eigenvalue weighted by atomic mass is 10.2. The summed E-state index contributed by atoms with van der Waals surface area (Å²) in [5.41, 5.74) is 4.14. The minimum atomic E-state index is -0.579. The van der Waals surface area contributed by atoms with E-state index < -0.39 is 18.0 Å². The summed E-state index contributed by atoms with van der Waals surface area (Å²) >= 11 is 0. The van der Waals surface area contributed by atoms with Gasteiger partial charge in [0.2, 0.25) is 5.91 Å². The van der Waals surface area contributed by atoms with Crippen molar-refractivity contribution in [3.8, 4) is 5.69 Å². The van der Waals surface area contributed by atoms with E-state index in [1.165, 1.54) is 29.7 Å². The predicted octanol–water partition coefficient (Wildman–Crippen LogP) is 1.12. The lowest BCUT2D eigenvalue weighted by Gasteiger charge is -2.14. The Kier molecular flexibility index (Phi) is 5.67. The van der Waals surface area contributed by atoms with Crippen LogP contribution in [0.2, 0.25) is 0 Å². The fraction of sp³-hybridized carbons (Fsp3) is 0.353. The largest absolute Gasteiger partial charge is 0.442 e. The Hall–Kier alpha value is -2.98. The van der Waals surface area contributed by atoms with Crippen molar-refractivity contribution in [2.24, 2.45) is 0 Å². The molecule has 1 aliphatic rings. The Labute approximate surface area is 155 Å². The second-order valence-corrected chi connectivity index (χ2v) is 6.01. The van der Waals surface area contributed by atoms with Crippen LogP contribution in [-0.2, 0) is 20.9 Å². The van der Waals surface area contributed by atoms with Crippen molar-refractivity contribution in [2.75, 3.05) is 25.1 Å². The number of hydrogen-bond donors (Lipinski definition) is 2. The van der Waals surface area contributed by atoms with Gasteiger partial charge in [-0.25, -0.2) is 13.9 Å². The quantitative estimate of drug-likeness (QED) is 0.702. The highest BCUT2D eigenvalue weighted by atomic mass is 19.1. The van der Waals surface area contributed by atoms with Crippen LogP contribution in [-0.4, -0.2) is 48.1 Å². The van der Waals surface area contributed by atoms with Crippen LogP contribution in [0.15, 0.2) is 30.6 Å². The van der Waals surface area contributed by atoms with Gasteiger partial charge in [0.25, 0.3) is 0 Å². The number of anilines is 1. The van der Waals surface area contributed by atoms with Crippen molar-refractivity contribution in [3.63, 3.8) is 0 Å². The first kappa shape index (κ1) is 18.8. The van der Waals surface area contributed by atoms with Crippen LogP contribution >= 0.6 is 0 Å². The Bertz CT molecular complexity index is 840. The summed E-state index contributed by atoms with van der Waals surface area (Å²) in [5, 5.41) is 6.73. The van der Waals surface area contributed by atoms with E-state index in [1.807, 2.05) is 0 Å². The molecule has 1 atom stereocenters. The van der Waals surface area contributed by atoms with E-state index in [0.29, 0.717) is 12.2 Å². The van der Waals surface area contributed by atoms with E-state index in [4.69, 9.17) is 9.57 Å². The predicted molar refractivity (Wildman–Crippen MR) is 93.7 cm³/mol. The smallest absolute Gasteiger partial charge is 0.414 e. The van der Waals surface area contributed by atoms with E-state index in [0.717, 1.165) is 5.56 Å². The number of hydroxylamine groups is 1. The number of hydrogen-bond acceptors (Lipinski definition) is 6. The summed E-state index contributed by atoms with van der Waals surface area (Å²) in [5.74, 6) is -0.737. The summed E-state index contributed by atoms with van der Waals surface area (Å²) < 4.78 is 21.2. The third kappa shape index (κ3) is 4.41. The third-order valence-corrected chi connectivity index (χ3v) is 4.00. The molecule has 0 aliphatic carbocycles. The Morgan fingerprint density at radius 3 is 3.00 bits per heavy atom. The van der Waals surface area contributed by atoms with Gasteiger partial charge in [0, 0.05) is 25.2 Å². The second kappa shape index (κ2) is 8.14. The first-order chi connectivity index (χ1) is 13.0. The fourth-order valence-corrected chi connectivity index (χ4v) is 2.68. The molecule has 27 heavy (non-hydrogen) atoms. The second-order valence-electron chi connectivity index (χ2n) is 6.01. The van der Waals surface area contributed by atoms with Gasteiger partial charge in [-0.15, -0.1) is 0 Å². The van der Waals surface area contributed by atoms with Crippen molar-refractivity contribution in [1.82, 2.24) is 20.6 Å². The molecular weight excluding hydrogens is 357 g/mol. The highest BCUT2D eigenvalue weighted by molar-refractivity contribution is 5.90. The number of nitrogens with one attached hydrogen (secondary N) is 2. The van der Waals surface area contributed by atoms with Crippen LogP contribution in [0.4, 0.5) is 14.9 Å². The van der Waals surface area contributed by atoms with Crippen molar-refractivity contribution in [1.29, 1.82) is 0 Å². The number of nitrogens with zero attached hydrogens (tertiary/aromatic N) is 3. The number of carbonyl (C=O) groups is 2. The van der Waals surface area contributed by atoms with Crippen molar-refractivity contribution < 1.29 is 23.6 Å². The maximum Gasteiger partial charge on any atom is 0.414 e. The molecule has 1 aliphatic heterocycles. The molecule has 144 valence electrons. The highest BCUT2D eigenvalue weighted by Crippen LogP contribution is 2.25. The number of carbonyl (C=O) groups excluding carboxylic acids is 2. The average Bonchev–Trinajstić information content (AvgIpc) is 3.24. The molecule has 2 aromatic rings. The number of aromatic nitrogens is 2. The van der Waals surface area contributed by atoms with Gasteiger partial charge in [0.05, 0.1) is 32.1 Å². The van der Waals surface area contributed by atoms with E-state index >= 15 is 0 Å². The van der Waals surface area contributed by atoms with Crippen LogP contribution < -0.4 is 15.7 Å². The molecular formula is C17H20FN5O4. The van der Waals surface area contributed by atoms with Gasteiger partial charge < -0.3 is 14.9 Å². The summed E-state index contributed by atoms with van der Waals surface area (Å²) in [6.45, 7) is 2.26. The molecule has 2 N–H and O–H groups in total. The lowest BCUT2D eigenvalue weighted by molar-refractivity contribution is -0.119. The maximum absolute atomic E-state index is 14.6. The van der Waals surface area contributed by atoms with Crippen molar-refractivity contribution in [2.45, 2.75) is 19.6 Å². The van der Waals surface area contributed by atoms with Crippen LogP contribution in [0.1, 0.15) is 12.5 Å². The standard InChI is InChI=1S/C17H20FN5O4/c1-11(24)19-8-14-10-22(17(25)27-14)13-3-4-16(15(18)5-13)23-9-12(6-20-23)7-21-26-2/h3-6,9,14,21H,7-8,10H2,1-2H3,(H,19,24)/t14-/m0/s1. The first-order valence-electron chi connectivity index (χ1n) is 8.30. The minimum Gasteiger partial charge on any atom is -0.442 e. The van der Waals surface area contributed by atoms with E-state index in [9.17, 15) is 14.0 Å². The highest BCUT2D eigenvalue weighted by Gasteiger charge is 2.32. The average molecular weight is 377 g/mol. The number of benzene rings is 1. The lowest BCUT2D eigenvalue weighted by Crippen LogP contribution is -2.33. The number of rotatable bonds is 7. The van der Waals surface area contributed by atoms with E-state index in [1.54, 1.807) is 24.5 Å². The SMILES string of the molecule is CONCc1cnn(-c2ccc(N3C[C@H](CNC(C)=O)OC3=O)cc2F)c1. The van der Waals surface area contributed by atoms with Crippen molar-refractivity contribution in [3.05, 3.63) is 42.0 Å². The van der Waals surface area contributed by atoms with Crippen molar-refractivity contribution >= 4 is 17.7 Å². The van der Waals surface area contributed by atoms with Gasteiger partial charge in [0.1, 0.15) is 11.8 Å². The molecule has 0 radical (unpaired) electrons. The normalized spacial score (nSPS) is 16.5. The van der Waals surface area contributed by atoms with E-state index in [-0.39, 0.29) is 24.7 Å². The number of ether oxygens (including phenoxy) is 1. The zero-order chi connectivity index (χ0) is 19.4. The molecule has 9 nitrogen and oxygen atoms in total. The number of halogens is 1. The molecule has 10 heteroatoms. The van der Waals surface area contributed by atoms with Gasteiger partial charge in [-0.1, -0.05) is 0 Å². The fourth-order valence-electron chi connectivity index (χ4n) is 2.68. The molecule has 1 aromatic carbocycles. The van der Waals surface area contributed by atoms with Crippen LogP contribution in [0.5, 0.6) is 0 Å². The number of cyclic esters (lactones) is 1. The molecule has 2 heterocycles. The number of amides is 2. The Morgan fingerprint density at radius 1 is 1.48 bits per heavy atom. The van der Waals surface area contributed by atoms with Crippen LogP contribution in [0.25, 0.3) is 5.69 Å². The molecule has 0 saturated carbocycles. The zero-order valence-electron chi connectivity index (χ0n) is 14.9. The zero-order valence-corrected chi connectivity index (χ0v) is 14.9. The summed E-state index contributed by atoms with van der Waals surface area (Å²) in [6, 6.07) is 4.42. The molecule has 1 aromatic heterocycles. The van der Waals surface area contributed by atoms with Crippen LogP contribution in [0.3, 0.4) is 0 Å². The minimum absolute atomic E-state index is 0.209. The van der Waals surface area contributed by atoms with E-state index in [2.05, 4.69) is 15.9 Å². The molecule has 3 rings (SSSR count). The maximum atomic E-state index is 14.6. The van der Waals surface area contributed by atoms with Gasteiger partial charge in [0.15, 0.2) is 5.82 Å². The Balaban J connectivity index is 1.72. The summed E-state index contributed by atoms with van der Waals surface area (Å²) in [7, 11) is 1.51. The van der Waals surface area contributed by atoms with Gasteiger partial charge in [-0.2, -0.15) is 10.6 Å². The monoisotopic (exact) mass is 377 g/mol. The first-order valence-corrected chi connectivity index (χ1v) is 8.30.